The molecule has 2 aliphatic heterocycles. The highest BCUT2D eigenvalue weighted by atomic mass is 32.2. The van der Waals surface area contributed by atoms with Gasteiger partial charge < -0.3 is 15.4 Å². The van der Waals surface area contributed by atoms with Gasteiger partial charge in [-0.1, -0.05) is 82.3 Å². The Morgan fingerprint density at radius 3 is 2.59 bits per heavy atom. The molecule has 0 radical (unpaired) electrons. The van der Waals surface area contributed by atoms with Crippen LogP contribution in [-0.4, -0.2) is 48.7 Å². The van der Waals surface area contributed by atoms with Gasteiger partial charge in [0.15, 0.2) is 0 Å². The molecule has 5 nitrogen and oxygen atoms in total. The van der Waals surface area contributed by atoms with Gasteiger partial charge in [0.1, 0.15) is 0 Å². The molecule has 2 fully saturated rings. The summed E-state index contributed by atoms with van der Waals surface area (Å²) in [5, 5.41) is 13.1. The average molecular weight is 663 g/mol. The highest BCUT2D eigenvalue weighted by Crippen LogP contribution is 2.39. The van der Waals surface area contributed by atoms with Gasteiger partial charge in [-0.25, -0.2) is 4.31 Å². The fraction of sp³-hybridized carbons (Fsp3) is 0.538. The van der Waals surface area contributed by atoms with Crippen molar-refractivity contribution in [3.63, 3.8) is 0 Å². The molecule has 0 aromatic heterocycles. The molecule has 252 valence electrons. The lowest BCUT2D eigenvalue weighted by Gasteiger charge is -2.38. The number of rotatable bonds is 15. The van der Waals surface area contributed by atoms with Crippen LogP contribution >= 0.6 is 23.9 Å². The smallest absolute Gasteiger partial charge is 0.0724 e. The molecule has 3 aliphatic rings. The molecule has 1 aliphatic carbocycles. The van der Waals surface area contributed by atoms with Crippen LogP contribution < -0.4 is 15.8 Å². The number of hydrogen-bond donors (Lipinski definition) is 3. The third-order valence-electron chi connectivity index (χ3n) is 9.00. The number of nitrogens with one attached hydrogen (secondary N) is 2. The lowest BCUT2D eigenvalue weighted by atomic mass is 9.88. The summed E-state index contributed by atoms with van der Waals surface area (Å²) in [6.07, 6.45) is 18.0. The SMILES string of the molecule is CC.CC(C)CCNCc1ccc(-c2cccc(SN3CCC4(CC3)CC(NCCCCC3=CC(SN)=CCC=C3)CO4)c2)cc1. The lowest BCUT2D eigenvalue weighted by Crippen LogP contribution is -2.42. The first-order chi connectivity index (χ1) is 22.5. The minimum atomic E-state index is 0.0561. The second kappa shape index (κ2) is 19.9. The molecule has 0 bridgehead atoms. The van der Waals surface area contributed by atoms with Crippen LogP contribution in [0.5, 0.6) is 0 Å². The third-order valence-corrected chi connectivity index (χ3v) is 10.6. The highest BCUT2D eigenvalue weighted by molar-refractivity contribution is 8.01. The molecule has 5 rings (SSSR count). The Balaban J connectivity index is 0.00000235. The van der Waals surface area contributed by atoms with Crippen molar-refractivity contribution >= 4 is 23.9 Å². The van der Waals surface area contributed by atoms with Crippen molar-refractivity contribution in [2.45, 2.75) is 102 Å². The molecule has 1 unspecified atom stereocenters. The van der Waals surface area contributed by atoms with Crippen LogP contribution in [0.2, 0.25) is 0 Å². The summed E-state index contributed by atoms with van der Waals surface area (Å²) in [7, 11) is 0. The Bertz CT molecular complexity index is 1270. The molecule has 4 N–H and O–H groups in total. The van der Waals surface area contributed by atoms with Gasteiger partial charge in [0, 0.05) is 35.5 Å². The fourth-order valence-corrected chi connectivity index (χ4v) is 7.71. The Morgan fingerprint density at radius 1 is 1.02 bits per heavy atom. The number of nitrogens with zero attached hydrogens (tertiary/aromatic N) is 1. The van der Waals surface area contributed by atoms with E-state index in [1.54, 1.807) is 0 Å². The Labute approximate surface area is 288 Å². The van der Waals surface area contributed by atoms with Crippen LogP contribution in [0.25, 0.3) is 11.1 Å². The van der Waals surface area contributed by atoms with Crippen LogP contribution in [0.15, 0.2) is 88.2 Å². The standard InChI is InChI=1S/C37H52N4OS2.C2H6/c1-29(2)17-21-39-27-31-13-15-32(16-14-31)33-10-7-12-36(25-33)44-41-22-18-37(19-23-41)26-34(28-42-37)40-20-6-5-9-30-8-3-4-11-35(24-30)43-38;1-2/h3,7-8,10-16,24-25,29,34,39-40H,4-6,9,17-23,26-28,38H2,1-2H3;1-2H3. The van der Waals surface area contributed by atoms with E-state index in [2.05, 4.69) is 102 Å². The minimum absolute atomic E-state index is 0.0561. The van der Waals surface area contributed by atoms with Crippen molar-refractivity contribution in [1.82, 2.24) is 14.9 Å². The molecule has 0 amide bonds. The first-order valence-electron chi connectivity index (χ1n) is 17.6. The summed E-state index contributed by atoms with van der Waals surface area (Å²) >= 11 is 3.25. The molecule has 2 heterocycles. The van der Waals surface area contributed by atoms with Crippen molar-refractivity contribution in [3.05, 3.63) is 88.9 Å². The zero-order valence-electron chi connectivity index (χ0n) is 28.7. The Hall–Kier alpha value is -1.84. The minimum Gasteiger partial charge on any atom is -0.373 e. The molecular formula is C39H58N4OS2. The molecule has 2 saturated heterocycles. The molecule has 7 heteroatoms. The second-order valence-corrected chi connectivity index (χ2v) is 14.9. The normalized spacial score (nSPS) is 19.5. The largest absolute Gasteiger partial charge is 0.373 e. The van der Waals surface area contributed by atoms with Crippen LogP contribution in [0.4, 0.5) is 0 Å². The second-order valence-electron chi connectivity index (χ2n) is 13.0. The fourth-order valence-electron chi connectivity index (χ4n) is 6.32. The summed E-state index contributed by atoms with van der Waals surface area (Å²) in [4.78, 5) is 2.49. The van der Waals surface area contributed by atoms with Gasteiger partial charge in [0.05, 0.1) is 12.2 Å². The third kappa shape index (κ3) is 12.0. The van der Waals surface area contributed by atoms with Crippen molar-refractivity contribution in [2.75, 3.05) is 32.8 Å². The first kappa shape index (κ1) is 37.0. The average Bonchev–Trinajstić information content (AvgIpc) is 3.32. The summed E-state index contributed by atoms with van der Waals surface area (Å²) in [6, 6.07) is 18.5. The predicted octanol–water partition coefficient (Wildman–Crippen LogP) is 9.28. The van der Waals surface area contributed by atoms with E-state index >= 15 is 0 Å². The quantitative estimate of drug-likeness (QED) is 0.130. The number of nitrogens with two attached hydrogens (primary N) is 1. The number of hydrogen-bond acceptors (Lipinski definition) is 7. The van der Waals surface area contributed by atoms with Gasteiger partial charge in [-0.05, 0) is 135 Å². The summed E-state index contributed by atoms with van der Waals surface area (Å²) in [6.45, 7) is 14.6. The van der Waals surface area contributed by atoms with Gasteiger partial charge in [-0.2, -0.15) is 0 Å². The number of allylic oxidation sites excluding steroid dienone is 5. The van der Waals surface area contributed by atoms with Gasteiger partial charge in [-0.15, -0.1) is 0 Å². The maximum Gasteiger partial charge on any atom is 0.0724 e. The van der Waals surface area contributed by atoms with Gasteiger partial charge in [-0.3, -0.25) is 5.14 Å². The van der Waals surface area contributed by atoms with Gasteiger partial charge in [0.25, 0.3) is 0 Å². The van der Waals surface area contributed by atoms with E-state index in [9.17, 15) is 0 Å². The van der Waals surface area contributed by atoms with E-state index in [1.165, 1.54) is 63.3 Å². The number of unbranched alkanes of at least 4 members (excludes halogenated alkanes) is 1. The zero-order chi connectivity index (χ0) is 32.6. The zero-order valence-corrected chi connectivity index (χ0v) is 30.4. The number of piperidine rings is 1. The van der Waals surface area contributed by atoms with E-state index in [0.717, 1.165) is 77.4 Å². The maximum absolute atomic E-state index is 6.47. The number of benzene rings is 2. The first-order valence-corrected chi connectivity index (χ1v) is 19.3. The summed E-state index contributed by atoms with van der Waals surface area (Å²) < 4.78 is 9.00. The van der Waals surface area contributed by atoms with E-state index in [0.29, 0.717) is 6.04 Å². The van der Waals surface area contributed by atoms with Crippen molar-refractivity contribution < 1.29 is 4.74 Å². The lowest BCUT2D eigenvalue weighted by molar-refractivity contribution is -0.0300. The monoisotopic (exact) mass is 662 g/mol. The molecule has 2 aromatic rings. The van der Waals surface area contributed by atoms with E-state index < -0.39 is 0 Å². The molecule has 1 atom stereocenters. The summed E-state index contributed by atoms with van der Waals surface area (Å²) in [5.74, 6) is 0.744. The molecule has 1 spiro atoms. The molecular weight excluding hydrogens is 605 g/mol. The van der Waals surface area contributed by atoms with Crippen LogP contribution in [0.3, 0.4) is 0 Å². The van der Waals surface area contributed by atoms with Gasteiger partial charge in [0.2, 0.25) is 0 Å². The summed E-state index contributed by atoms with van der Waals surface area (Å²) in [5.41, 5.74) is 5.36. The van der Waals surface area contributed by atoms with Gasteiger partial charge >= 0.3 is 0 Å². The van der Waals surface area contributed by atoms with Crippen LogP contribution in [0.1, 0.15) is 84.6 Å². The number of ether oxygens (including phenoxy) is 1. The maximum atomic E-state index is 6.47. The van der Waals surface area contributed by atoms with Crippen molar-refractivity contribution in [1.29, 1.82) is 0 Å². The van der Waals surface area contributed by atoms with Crippen LogP contribution in [0, 0.1) is 5.92 Å². The molecule has 46 heavy (non-hydrogen) atoms. The molecule has 0 saturated carbocycles. The van der Waals surface area contributed by atoms with E-state index in [-0.39, 0.29) is 5.60 Å². The Kier molecular flexibility index (Phi) is 16.0. The van der Waals surface area contributed by atoms with Crippen molar-refractivity contribution in [2.24, 2.45) is 11.1 Å². The molecule has 2 aromatic carbocycles. The van der Waals surface area contributed by atoms with E-state index in [1.807, 2.05) is 25.8 Å². The Morgan fingerprint density at radius 2 is 1.83 bits per heavy atom. The van der Waals surface area contributed by atoms with E-state index in [4.69, 9.17) is 9.88 Å². The topological polar surface area (TPSA) is 62.5 Å². The highest BCUT2D eigenvalue weighted by Gasteiger charge is 2.42. The van der Waals surface area contributed by atoms with Crippen LogP contribution in [-0.2, 0) is 11.3 Å². The predicted molar refractivity (Wildman–Crippen MR) is 202 cm³/mol. The van der Waals surface area contributed by atoms with Crippen molar-refractivity contribution in [3.8, 4) is 11.1 Å².